The number of nitrogens with one attached hydrogen (secondary N) is 2. The van der Waals surface area contributed by atoms with Crippen LogP contribution in [-0.4, -0.2) is 44.6 Å². The van der Waals surface area contributed by atoms with Crippen molar-refractivity contribution in [1.82, 2.24) is 10.6 Å². The van der Waals surface area contributed by atoms with Crippen molar-refractivity contribution >= 4 is 12.0 Å². The van der Waals surface area contributed by atoms with E-state index in [0.29, 0.717) is 6.42 Å². The lowest BCUT2D eigenvalue weighted by Crippen LogP contribution is -2.47. The molecule has 0 spiro atoms. The summed E-state index contributed by atoms with van der Waals surface area (Å²) in [6, 6.07) is 9.06. The maximum atomic E-state index is 12.1. The van der Waals surface area contributed by atoms with Gasteiger partial charge in [0.15, 0.2) is 6.29 Å². The Hall–Kier alpha value is -2.12. The van der Waals surface area contributed by atoms with E-state index >= 15 is 0 Å². The van der Waals surface area contributed by atoms with Crippen molar-refractivity contribution in [3.05, 3.63) is 35.9 Å². The molecule has 0 bridgehead atoms. The van der Waals surface area contributed by atoms with Gasteiger partial charge in [-0.2, -0.15) is 0 Å². The number of carbonyl (C=O) groups is 2. The SMILES string of the molecule is COC(OC)[C@H](C[C@@H]1C[C@@H](C)NC1=O)NC(=O)OCc1ccccc1. The highest BCUT2D eigenvalue weighted by Crippen LogP contribution is 2.22. The van der Waals surface area contributed by atoms with Crippen molar-refractivity contribution in [3.8, 4) is 0 Å². The molecule has 25 heavy (non-hydrogen) atoms. The topological polar surface area (TPSA) is 85.9 Å². The molecule has 2 amide bonds. The van der Waals surface area contributed by atoms with Crippen LogP contribution in [0, 0.1) is 5.92 Å². The van der Waals surface area contributed by atoms with E-state index in [1.165, 1.54) is 14.2 Å². The summed E-state index contributed by atoms with van der Waals surface area (Å²) in [7, 11) is 2.99. The van der Waals surface area contributed by atoms with Crippen molar-refractivity contribution < 1.29 is 23.8 Å². The molecule has 0 radical (unpaired) electrons. The average Bonchev–Trinajstić information content (AvgIpc) is 2.92. The molecule has 7 heteroatoms. The molecule has 138 valence electrons. The molecular formula is C18H26N2O5. The number of hydrogen-bond donors (Lipinski definition) is 2. The Morgan fingerprint density at radius 2 is 1.96 bits per heavy atom. The van der Waals surface area contributed by atoms with Crippen LogP contribution in [0.15, 0.2) is 30.3 Å². The van der Waals surface area contributed by atoms with E-state index in [4.69, 9.17) is 14.2 Å². The number of carbonyl (C=O) groups excluding carboxylic acids is 2. The van der Waals surface area contributed by atoms with Gasteiger partial charge in [0.25, 0.3) is 0 Å². The highest BCUT2D eigenvalue weighted by molar-refractivity contribution is 5.81. The lowest BCUT2D eigenvalue weighted by Gasteiger charge is -2.27. The van der Waals surface area contributed by atoms with Gasteiger partial charge in [0, 0.05) is 26.2 Å². The fourth-order valence-electron chi connectivity index (χ4n) is 3.04. The predicted molar refractivity (Wildman–Crippen MR) is 91.7 cm³/mol. The van der Waals surface area contributed by atoms with Crippen LogP contribution in [-0.2, 0) is 25.6 Å². The monoisotopic (exact) mass is 350 g/mol. The summed E-state index contributed by atoms with van der Waals surface area (Å²) in [6.45, 7) is 2.13. The van der Waals surface area contributed by atoms with Crippen molar-refractivity contribution in [1.29, 1.82) is 0 Å². The largest absolute Gasteiger partial charge is 0.445 e. The molecule has 2 rings (SSSR count). The van der Waals surface area contributed by atoms with Crippen LogP contribution in [0.4, 0.5) is 4.79 Å². The van der Waals surface area contributed by atoms with Gasteiger partial charge in [-0.25, -0.2) is 4.79 Å². The molecule has 2 N–H and O–H groups in total. The zero-order valence-electron chi connectivity index (χ0n) is 14.9. The minimum absolute atomic E-state index is 0.0112. The third-order valence-electron chi connectivity index (χ3n) is 4.25. The van der Waals surface area contributed by atoms with Crippen LogP contribution < -0.4 is 10.6 Å². The first kappa shape index (κ1) is 19.2. The van der Waals surface area contributed by atoms with Gasteiger partial charge in [-0.1, -0.05) is 30.3 Å². The predicted octanol–water partition coefficient (Wildman–Crippen LogP) is 1.81. The number of hydrogen-bond acceptors (Lipinski definition) is 5. The summed E-state index contributed by atoms with van der Waals surface area (Å²) in [6.07, 6.45) is -0.0912. The number of rotatable bonds is 8. The summed E-state index contributed by atoms with van der Waals surface area (Å²) < 4.78 is 15.8. The van der Waals surface area contributed by atoms with Crippen LogP contribution in [0.1, 0.15) is 25.3 Å². The third-order valence-corrected chi connectivity index (χ3v) is 4.25. The second-order valence-electron chi connectivity index (χ2n) is 6.23. The Bertz CT molecular complexity index is 562. The zero-order chi connectivity index (χ0) is 18.2. The van der Waals surface area contributed by atoms with Gasteiger partial charge < -0.3 is 24.8 Å². The number of ether oxygens (including phenoxy) is 3. The standard InChI is InChI=1S/C18H26N2O5/c1-12-9-14(16(21)19-12)10-15(17(23-2)24-3)20-18(22)25-11-13-7-5-4-6-8-13/h4-8,12,14-15,17H,9-11H2,1-3H3,(H,19,21)(H,20,22)/t12-,14+,15+/m1/s1. The van der Waals surface area contributed by atoms with E-state index in [2.05, 4.69) is 10.6 Å². The van der Waals surface area contributed by atoms with E-state index in [1.807, 2.05) is 37.3 Å². The lowest BCUT2D eigenvalue weighted by atomic mass is 9.96. The summed E-state index contributed by atoms with van der Waals surface area (Å²) in [5, 5.41) is 5.64. The Kier molecular flexibility index (Phi) is 7.21. The molecule has 7 nitrogen and oxygen atoms in total. The molecule has 1 heterocycles. The molecule has 1 aromatic carbocycles. The Balaban J connectivity index is 1.93. The van der Waals surface area contributed by atoms with Crippen molar-refractivity contribution in [2.24, 2.45) is 5.92 Å². The minimum atomic E-state index is -0.659. The molecule has 0 unspecified atom stereocenters. The zero-order valence-corrected chi connectivity index (χ0v) is 14.9. The second kappa shape index (κ2) is 9.39. The molecular weight excluding hydrogens is 324 g/mol. The van der Waals surface area contributed by atoms with Crippen LogP contribution >= 0.6 is 0 Å². The van der Waals surface area contributed by atoms with Gasteiger partial charge in [0.2, 0.25) is 5.91 Å². The summed E-state index contributed by atoms with van der Waals surface area (Å²) in [5.74, 6) is -0.204. The van der Waals surface area contributed by atoms with E-state index < -0.39 is 18.4 Å². The fourth-order valence-corrected chi connectivity index (χ4v) is 3.04. The smallest absolute Gasteiger partial charge is 0.407 e. The molecule has 1 aliphatic heterocycles. The van der Waals surface area contributed by atoms with Gasteiger partial charge >= 0.3 is 6.09 Å². The fraction of sp³-hybridized carbons (Fsp3) is 0.556. The number of methoxy groups -OCH3 is 2. The van der Waals surface area contributed by atoms with Gasteiger partial charge in [-0.05, 0) is 25.3 Å². The van der Waals surface area contributed by atoms with Crippen LogP contribution in [0.5, 0.6) is 0 Å². The number of amides is 2. The van der Waals surface area contributed by atoms with Crippen molar-refractivity contribution in [2.75, 3.05) is 14.2 Å². The molecule has 0 aliphatic carbocycles. The molecule has 3 atom stereocenters. The number of benzene rings is 1. The minimum Gasteiger partial charge on any atom is -0.445 e. The van der Waals surface area contributed by atoms with Gasteiger partial charge in [0.05, 0.1) is 6.04 Å². The molecule has 1 saturated heterocycles. The molecule has 1 aromatic rings. The first-order valence-electron chi connectivity index (χ1n) is 8.36. The van der Waals surface area contributed by atoms with Gasteiger partial charge in [-0.15, -0.1) is 0 Å². The Labute approximate surface area is 148 Å². The quantitative estimate of drug-likeness (QED) is 0.699. The first-order chi connectivity index (χ1) is 12.0. The molecule has 0 aromatic heterocycles. The second-order valence-corrected chi connectivity index (χ2v) is 6.23. The number of alkyl carbamates (subject to hydrolysis) is 1. The highest BCUT2D eigenvalue weighted by atomic mass is 16.7. The van der Waals surface area contributed by atoms with Crippen LogP contribution in [0.3, 0.4) is 0 Å². The van der Waals surface area contributed by atoms with Crippen molar-refractivity contribution in [3.63, 3.8) is 0 Å². The lowest BCUT2D eigenvalue weighted by molar-refractivity contribution is -0.131. The third kappa shape index (κ3) is 5.72. The summed E-state index contributed by atoms with van der Waals surface area (Å²) in [4.78, 5) is 24.1. The van der Waals surface area contributed by atoms with E-state index in [1.54, 1.807) is 0 Å². The average molecular weight is 350 g/mol. The Morgan fingerprint density at radius 1 is 1.28 bits per heavy atom. The molecule has 1 aliphatic rings. The normalized spacial score (nSPS) is 21.0. The van der Waals surface area contributed by atoms with Gasteiger partial charge in [0.1, 0.15) is 6.61 Å². The van der Waals surface area contributed by atoms with Crippen LogP contribution in [0.2, 0.25) is 0 Å². The highest BCUT2D eigenvalue weighted by Gasteiger charge is 2.35. The van der Waals surface area contributed by atoms with E-state index in [0.717, 1.165) is 12.0 Å². The summed E-state index contributed by atoms with van der Waals surface area (Å²) >= 11 is 0. The molecule has 0 saturated carbocycles. The Morgan fingerprint density at radius 3 is 2.52 bits per heavy atom. The maximum absolute atomic E-state index is 12.1. The van der Waals surface area contributed by atoms with Crippen molar-refractivity contribution in [2.45, 2.75) is 44.7 Å². The van der Waals surface area contributed by atoms with Crippen LogP contribution in [0.25, 0.3) is 0 Å². The molecule has 1 fully saturated rings. The first-order valence-corrected chi connectivity index (χ1v) is 8.36. The van der Waals surface area contributed by atoms with E-state index in [9.17, 15) is 9.59 Å². The van der Waals surface area contributed by atoms with E-state index in [-0.39, 0.29) is 24.5 Å². The van der Waals surface area contributed by atoms with Gasteiger partial charge in [-0.3, -0.25) is 4.79 Å². The maximum Gasteiger partial charge on any atom is 0.407 e. The summed E-state index contributed by atoms with van der Waals surface area (Å²) in [5.41, 5.74) is 0.897.